The van der Waals surface area contributed by atoms with Gasteiger partial charge in [0, 0.05) is 13.1 Å². The first kappa shape index (κ1) is 12.6. The third-order valence-corrected chi connectivity index (χ3v) is 3.81. The normalized spacial score (nSPS) is 16.3. The number of fused-ring (bicyclic) bond motifs is 1. The van der Waals surface area contributed by atoms with Gasteiger partial charge in [-0.2, -0.15) is 9.94 Å². The van der Waals surface area contributed by atoms with Gasteiger partial charge >= 0.3 is 6.03 Å². The molecular formula is C14H15N5O. The molecule has 20 heavy (non-hydrogen) atoms. The highest BCUT2D eigenvalue weighted by Crippen LogP contribution is 2.19. The van der Waals surface area contributed by atoms with E-state index >= 15 is 0 Å². The molecule has 3 rings (SSSR count). The molecule has 2 heterocycles. The molecule has 1 aromatic carbocycles. The van der Waals surface area contributed by atoms with Gasteiger partial charge in [0.2, 0.25) is 0 Å². The van der Waals surface area contributed by atoms with Crippen LogP contribution in [0.1, 0.15) is 25.3 Å². The predicted octanol–water partition coefficient (Wildman–Crippen LogP) is 2.00. The van der Waals surface area contributed by atoms with Crippen LogP contribution < -0.4 is 0 Å². The monoisotopic (exact) mass is 269 g/mol. The van der Waals surface area contributed by atoms with Crippen LogP contribution in [0.5, 0.6) is 0 Å². The van der Waals surface area contributed by atoms with E-state index in [9.17, 15) is 4.79 Å². The van der Waals surface area contributed by atoms with Crippen LogP contribution in [-0.4, -0.2) is 39.0 Å². The molecule has 0 atom stereocenters. The van der Waals surface area contributed by atoms with Crippen molar-refractivity contribution in [1.29, 1.82) is 5.26 Å². The van der Waals surface area contributed by atoms with Crippen molar-refractivity contribution in [1.82, 2.24) is 19.9 Å². The van der Waals surface area contributed by atoms with Crippen molar-refractivity contribution in [3.05, 3.63) is 23.8 Å². The number of aromatic nitrogens is 3. The molecule has 102 valence electrons. The van der Waals surface area contributed by atoms with Crippen LogP contribution in [0.3, 0.4) is 0 Å². The molecule has 1 aromatic heterocycles. The molecular weight excluding hydrogens is 254 g/mol. The minimum Gasteiger partial charge on any atom is -0.323 e. The Kier molecular flexibility index (Phi) is 3.11. The number of carbonyl (C=O) groups excluding carboxylic acids is 1. The second-order valence-corrected chi connectivity index (χ2v) is 5.27. The molecule has 0 radical (unpaired) electrons. The lowest BCUT2D eigenvalue weighted by Crippen LogP contribution is -2.40. The number of rotatable bonds is 0. The summed E-state index contributed by atoms with van der Waals surface area (Å²) in [5, 5.41) is 16.9. The van der Waals surface area contributed by atoms with Crippen molar-refractivity contribution in [2.45, 2.75) is 19.8 Å². The maximum Gasteiger partial charge on any atom is 0.346 e. The molecule has 1 saturated heterocycles. The van der Waals surface area contributed by atoms with E-state index in [1.165, 1.54) is 4.68 Å². The molecule has 1 fully saturated rings. The van der Waals surface area contributed by atoms with E-state index in [0.717, 1.165) is 25.9 Å². The SMILES string of the molecule is CC1CCN(C(=O)n2nnc3ccc(C#N)cc32)CC1. The van der Waals surface area contributed by atoms with E-state index in [1.54, 1.807) is 23.1 Å². The molecule has 6 heteroatoms. The van der Waals surface area contributed by atoms with Crippen LogP contribution in [0.25, 0.3) is 11.0 Å². The Morgan fingerprint density at radius 2 is 2.15 bits per heavy atom. The lowest BCUT2D eigenvalue weighted by molar-refractivity contribution is 0.173. The molecule has 0 bridgehead atoms. The summed E-state index contributed by atoms with van der Waals surface area (Å²) in [6.45, 7) is 3.70. The van der Waals surface area contributed by atoms with Gasteiger partial charge in [-0.15, -0.1) is 5.10 Å². The summed E-state index contributed by atoms with van der Waals surface area (Å²) in [7, 11) is 0. The average Bonchev–Trinajstić information content (AvgIpc) is 2.90. The number of likely N-dealkylation sites (tertiary alicyclic amines) is 1. The van der Waals surface area contributed by atoms with Crippen LogP contribution in [0, 0.1) is 17.2 Å². The van der Waals surface area contributed by atoms with E-state index in [2.05, 4.69) is 23.3 Å². The Labute approximate surface area is 116 Å². The second kappa shape index (κ2) is 4.93. The van der Waals surface area contributed by atoms with Crippen molar-refractivity contribution in [3.8, 4) is 6.07 Å². The third kappa shape index (κ3) is 2.11. The van der Waals surface area contributed by atoms with Crippen LogP contribution >= 0.6 is 0 Å². The summed E-state index contributed by atoms with van der Waals surface area (Å²) in [5.74, 6) is 0.664. The van der Waals surface area contributed by atoms with Crippen LogP contribution in [0.2, 0.25) is 0 Å². The molecule has 0 saturated carbocycles. The molecule has 0 spiro atoms. The first-order valence-corrected chi connectivity index (χ1v) is 6.74. The van der Waals surface area contributed by atoms with Gasteiger partial charge in [-0.3, -0.25) is 0 Å². The summed E-state index contributed by atoms with van der Waals surface area (Å²) >= 11 is 0. The lowest BCUT2D eigenvalue weighted by Gasteiger charge is -2.29. The fourth-order valence-electron chi connectivity index (χ4n) is 2.46. The Bertz CT molecular complexity index is 691. The van der Waals surface area contributed by atoms with E-state index in [1.807, 2.05) is 0 Å². The first-order valence-electron chi connectivity index (χ1n) is 6.74. The Hall–Kier alpha value is -2.42. The number of nitriles is 1. The maximum atomic E-state index is 12.5. The number of amides is 1. The highest BCUT2D eigenvalue weighted by atomic mass is 16.2. The van der Waals surface area contributed by atoms with Crippen molar-refractivity contribution in [2.24, 2.45) is 5.92 Å². The van der Waals surface area contributed by atoms with E-state index in [4.69, 9.17) is 5.26 Å². The highest BCUT2D eigenvalue weighted by molar-refractivity contribution is 5.88. The fraction of sp³-hybridized carbons (Fsp3) is 0.429. The predicted molar refractivity (Wildman–Crippen MR) is 73.0 cm³/mol. The van der Waals surface area contributed by atoms with Gasteiger partial charge in [0.05, 0.1) is 11.6 Å². The Morgan fingerprint density at radius 3 is 2.85 bits per heavy atom. The zero-order chi connectivity index (χ0) is 14.1. The molecule has 1 aliphatic heterocycles. The van der Waals surface area contributed by atoms with Gasteiger partial charge in [-0.05, 0) is 37.0 Å². The van der Waals surface area contributed by atoms with Crippen molar-refractivity contribution in [3.63, 3.8) is 0 Å². The van der Waals surface area contributed by atoms with Gasteiger partial charge in [0.15, 0.2) is 0 Å². The van der Waals surface area contributed by atoms with E-state index < -0.39 is 0 Å². The fourth-order valence-corrected chi connectivity index (χ4v) is 2.46. The smallest absolute Gasteiger partial charge is 0.323 e. The standard InChI is InChI=1S/C14H15N5O/c1-10-4-6-18(7-5-10)14(20)19-13-8-11(9-15)2-3-12(13)16-17-19/h2-3,8,10H,4-7H2,1H3. The summed E-state index contributed by atoms with van der Waals surface area (Å²) in [4.78, 5) is 14.3. The van der Waals surface area contributed by atoms with Gasteiger partial charge in [-0.1, -0.05) is 12.1 Å². The summed E-state index contributed by atoms with van der Waals surface area (Å²) in [6, 6.07) is 6.95. The molecule has 1 amide bonds. The number of hydrogen-bond donors (Lipinski definition) is 0. The van der Waals surface area contributed by atoms with Crippen LogP contribution in [0.15, 0.2) is 18.2 Å². The molecule has 6 nitrogen and oxygen atoms in total. The van der Waals surface area contributed by atoms with Crippen LogP contribution in [-0.2, 0) is 0 Å². The average molecular weight is 269 g/mol. The minimum absolute atomic E-state index is 0.158. The quantitative estimate of drug-likeness (QED) is 0.733. The maximum absolute atomic E-state index is 12.5. The van der Waals surface area contributed by atoms with Crippen molar-refractivity contribution < 1.29 is 4.79 Å². The molecule has 0 unspecified atom stereocenters. The summed E-state index contributed by atoms with van der Waals surface area (Å²) < 4.78 is 1.30. The van der Waals surface area contributed by atoms with E-state index in [0.29, 0.717) is 22.5 Å². The van der Waals surface area contributed by atoms with Gasteiger partial charge in [-0.25, -0.2) is 4.79 Å². The lowest BCUT2D eigenvalue weighted by atomic mass is 10.00. The van der Waals surface area contributed by atoms with Crippen LogP contribution in [0.4, 0.5) is 4.79 Å². The Morgan fingerprint density at radius 1 is 1.40 bits per heavy atom. The first-order chi connectivity index (χ1) is 9.69. The zero-order valence-corrected chi connectivity index (χ0v) is 11.3. The largest absolute Gasteiger partial charge is 0.346 e. The van der Waals surface area contributed by atoms with Crippen molar-refractivity contribution >= 4 is 17.1 Å². The molecule has 1 aliphatic rings. The topological polar surface area (TPSA) is 74.8 Å². The van der Waals surface area contributed by atoms with Gasteiger partial charge < -0.3 is 4.90 Å². The minimum atomic E-state index is -0.158. The third-order valence-electron chi connectivity index (χ3n) is 3.81. The second-order valence-electron chi connectivity index (χ2n) is 5.27. The van der Waals surface area contributed by atoms with E-state index in [-0.39, 0.29) is 6.03 Å². The van der Waals surface area contributed by atoms with Crippen molar-refractivity contribution in [2.75, 3.05) is 13.1 Å². The summed E-state index contributed by atoms with van der Waals surface area (Å²) in [6.07, 6.45) is 2.03. The zero-order valence-electron chi connectivity index (χ0n) is 11.3. The van der Waals surface area contributed by atoms with Gasteiger partial charge in [0.25, 0.3) is 0 Å². The molecule has 2 aromatic rings. The highest BCUT2D eigenvalue weighted by Gasteiger charge is 2.23. The number of nitrogens with zero attached hydrogens (tertiary/aromatic N) is 5. The number of piperidine rings is 1. The molecule has 0 aliphatic carbocycles. The molecule has 0 N–H and O–H groups in total. The Balaban J connectivity index is 1.93. The number of benzene rings is 1. The number of carbonyl (C=O) groups is 1. The number of hydrogen-bond acceptors (Lipinski definition) is 4. The van der Waals surface area contributed by atoms with Gasteiger partial charge in [0.1, 0.15) is 11.0 Å². The summed E-state index contributed by atoms with van der Waals surface area (Å²) in [5.41, 5.74) is 1.72.